The lowest BCUT2D eigenvalue weighted by Gasteiger charge is -1.99. The molecule has 130 valence electrons. The van der Waals surface area contributed by atoms with Gasteiger partial charge in [0.2, 0.25) is 0 Å². The smallest absolute Gasteiger partial charge is 0.358 e. The Morgan fingerprint density at radius 3 is 2.92 bits per heavy atom. The maximum atomic E-state index is 12.2. The number of thiazole rings is 1. The number of hydrogen-bond acceptors (Lipinski definition) is 7. The van der Waals surface area contributed by atoms with E-state index in [-0.39, 0.29) is 12.3 Å². The second kappa shape index (κ2) is 7.41. The highest BCUT2D eigenvalue weighted by atomic mass is 35.5. The van der Waals surface area contributed by atoms with E-state index in [4.69, 9.17) is 20.9 Å². The molecule has 0 N–H and O–H groups in total. The molecule has 26 heavy (non-hydrogen) atoms. The molecular weight excluding hydrogens is 392 g/mol. The van der Waals surface area contributed by atoms with E-state index in [0.29, 0.717) is 21.5 Å². The summed E-state index contributed by atoms with van der Waals surface area (Å²) in [6.45, 7) is 0.0255. The fourth-order valence-corrected chi connectivity index (χ4v) is 3.90. The van der Waals surface area contributed by atoms with E-state index < -0.39 is 5.97 Å². The van der Waals surface area contributed by atoms with Crippen molar-refractivity contribution in [1.29, 1.82) is 0 Å². The number of halogens is 1. The van der Waals surface area contributed by atoms with E-state index in [9.17, 15) is 4.79 Å². The van der Waals surface area contributed by atoms with Crippen LogP contribution >= 0.6 is 34.3 Å². The average molecular weight is 403 g/mol. The van der Waals surface area contributed by atoms with E-state index in [2.05, 4.69) is 10.1 Å². The zero-order chi connectivity index (χ0) is 17.9. The summed E-state index contributed by atoms with van der Waals surface area (Å²) in [4.78, 5) is 17.5. The Kier molecular flexibility index (Phi) is 4.83. The largest absolute Gasteiger partial charge is 0.454 e. The minimum atomic E-state index is -0.504. The molecule has 0 saturated heterocycles. The van der Waals surface area contributed by atoms with Crippen LogP contribution in [0.25, 0.3) is 21.2 Å². The van der Waals surface area contributed by atoms with Crippen molar-refractivity contribution in [2.75, 3.05) is 0 Å². The van der Waals surface area contributed by atoms with Gasteiger partial charge in [-0.3, -0.25) is 0 Å². The molecule has 0 spiro atoms. The van der Waals surface area contributed by atoms with Gasteiger partial charge in [0.05, 0.1) is 4.88 Å². The van der Waals surface area contributed by atoms with Gasteiger partial charge in [-0.25, -0.2) is 9.78 Å². The molecule has 5 nitrogen and oxygen atoms in total. The van der Waals surface area contributed by atoms with Crippen molar-refractivity contribution in [2.45, 2.75) is 6.61 Å². The van der Waals surface area contributed by atoms with Crippen molar-refractivity contribution >= 4 is 40.2 Å². The van der Waals surface area contributed by atoms with E-state index in [1.54, 1.807) is 34.9 Å². The van der Waals surface area contributed by atoms with Crippen molar-refractivity contribution in [2.24, 2.45) is 0 Å². The van der Waals surface area contributed by atoms with Crippen molar-refractivity contribution in [3.8, 4) is 21.2 Å². The van der Waals surface area contributed by atoms with Crippen LogP contribution in [0.1, 0.15) is 16.2 Å². The minimum absolute atomic E-state index is 0.0255. The Bertz CT molecular complexity index is 1040. The molecule has 0 aliphatic carbocycles. The van der Waals surface area contributed by atoms with Crippen LogP contribution in [0.2, 0.25) is 5.02 Å². The van der Waals surface area contributed by atoms with Gasteiger partial charge in [0.1, 0.15) is 17.3 Å². The van der Waals surface area contributed by atoms with Crippen LogP contribution in [-0.2, 0) is 11.3 Å². The Morgan fingerprint density at radius 1 is 1.19 bits per heavy atom. The Balaban J connectivity index is 1.41. The first kappa shape index (κ1) is 17.0. The number of hydrogen-bond donors (Lipinski definition) is 0. The van der Waals surface area contributed by atoms with Crippen LogP contribution in [0, 0.1) is 0 Å². The summed E-state index contributed by atoms with van der Waals surface area (Å²) in [5, 5.41) is 8.87. The molecular formula is C18H11ClN2O3S2. The molecule has 1 aromatic carbocycles. The van der Waals surface area contributed by atoms with E-state index in [1.165, 1.54) is 11.3 Å². The fourth-order valence-electron chi connectivity index (χ4n) is 2.25. The van der Waals surface area contributed by atoms with Gasteiger partial charge in [-0.05, 0) is 23.6 Å². The molecule has 0 atom stereocenters. The first-order valence-corrected chi connectivity index (χ1v) is 9.71. The van der Waals surface area contributed by atoms with Crippen LogP contribution in [0.4, 0.5) is 0 Å². The highest BCUT2D eigenvalue weighted by Crippen LogP contribution is 2.27. The molecule has 0 bridgehead atoms. The molecule has 0 fully saturated rings. The lowest BCUT2D eigenvalue weighted by atomic mass is 10.2. The van der Waals surface area contributed by atoms with Gasteiger partial charge in [0, 0.05) is 22.0 Å². The molecule has 0 unspecified atom stereocenters. The van der Waals surface area contributed by atoms with E-state index >= 15 is 0 Å². The Hall–Kier alpha value is -2.48. The van der Waals surface area contributed by atoms with Crippen LogP contribution in [-0.4, -0.2) is 16.1 Å². The van der Waals surface area contributed by atoms with Gasteiger partial charge in [-0.1, -0.05) is 35.0 Å². The second-order valence-corrected chi connectivity index (χ2v) is 7.53. The fraction of sp³-hybridized carbons (Fsp3) is 0.0556. The summed E-state index contributed by atoms with van der Waals surface area (Å²) in [5.41, 5.74) is 1.66. The Morgan fingerprint density at radius 2 is 2.12 bits per heavy atom. The molecule has 4 aromatic rings. The lowest BCUT2D eigenvalue weighted by molar-refractivity contribution is 0.0458. The number of thiophene rings is 1. The molecule has 3 aromatic heterocycles. The van der Waals surface area contributed by atoms with Crippen LogP contribution in [0.15, 0.2) is 57.7 Å². The standard InChI is InChI=1S/C18H11ClN2O3S2/c19-12-4-1-3-11(7-12)17-20-14(10-26-17)18(22)23-9-13-8-15(24-21-13)16-5-2-6-25-16/h1-8,10H,9H2. The Labute approximate surface area is 161 Å². The minimum Gasteiger partial charge on any atom is -0.454 e. The molecule has 0 aliphatic heterocycles. The van der Waals surface area contributed by atoms with Gasteiger partial charge in [-0.2, -0.15) is 0 Å². The molecule has 3 heterocycles. The zero-order valence-electron chi connectivity index (χ0n) is 13.2. The maximum absolute atomic E-state index is 12.2. The number of carbonyl (C=O) groups excluding carboxylic acids is 1. The summed E-state index contributed by atoms with van der Waals surface area (Å²) >= 11 is 8.90. The normalized spacial score (nSPS) is 10.8. The highest BCUT2D eigenvalue weighted by Gasteiger charge is 2.15. The second-order valence-electron chi connectivity index (χ2n) is 5.28. The third-order valence-corrected chi connectivity index (χ3v) is 5.47. The number of nitrogens with zero attached hydrogens (tertiary/aromatic N) is 2. The van der Waals surface area contributed by atoms with Gasteiger partial charge >= 0.3 is 5.97 Å². The molecule has 0 aliphatic rings. The quantitative estimate of drug-likeness (QED) is 0.410. The highest BCUT2D eigenvalue weighted by molar-refractivity contribution is 7.13. The van der Waals surface area contributed by atoms with Crippen molar-refractivity contribution in [1.82, 2.24) is 10.1 Å². The topological polar surface area (TPSA) is 65.2 Å². The van der Waals surface area contributed by atoms with Gasteiger partial charge in [-0.15, -0.1) is 22.7 Å². The number of rotatable bonds is 5. The number of aromatic nitrogens is 2. The SMILES string of the molecule is O=C(OCc1cc(-c2cccs2)on1)c1csc(-c2cccc(Cl)c2)n1. The summed E-state index contributed by atoms with van der Waals surface area (Å²) < 4.78 is 10.5. The third-order valence-electron chi connectivity index (χ3n) is 3.46. The molecule has 8 heteroatoms. The predicted molar refractivity (Wildman–Crippen MR) is 101 cm³/mol. The van der Waals surface area contributed by atoms with Crippen molar-refractivity contribution in [3.63, 3.8) is 0 Å². The monoisotopic (exact) mass is 402 g/mol. The molecule has 0 radical (unpaired) electrons. The van der Waals surface area contributed by atoms with Crippen molar-refractivity contribution in [3.05, 3.63) is 69.6 Å². The summed E-state index contributed by atoms with van der Waals surface area (Å²) in [5.74, 6) is 0.151. The zero-order valence-corrected chi connectivity index (χ0v) is 15.6. The first-order chi connectivity index (χ1) is 12.7. The predicted octanol–water partition coefficient (Wildman–Crippen LogP) is 5.54. The summed E-state index contributed by atoms with van der Waals surface area (Å²) in [6, 6.07) is 13.0. The average Bonchev–Trinajstić information content (AvgIpc) is 3.40. The maximum Gasteiger partial charge on any atom is 0.358 e. The number of benzene rings is 1. The van der Waals surface area contributed by atoms with Crippen LogP contribution in [0.3, 0.4) is 0 Å². The van der Waals surface area contributed by atoms with Gasteiger partial charge in [0.25, 0.3) is 0 Å². The van der Waals surface area contributed by atoms with E-state index in [0.717, 1.165) is 10.4 Å². The van der Waals surface area contributed by atoms with E-state index in [1.807, 2.05) is 29.6 Å². The molecule has 0 amide bonds. The van der Waals surface area contributed by atoms with Crippen LogP contribution in [0.5, 0.6) is 0 Å². The summed E-state index contributed by atoms with van der Waals surface area (Å²) in [6.07, 6.45) is 0. The number of esters is 1. The van der Waals surface area contributed by atoms with Gasteiger partial charge in [0.15, 0.2) is 11.5 Å². The molecule has 0 saturated carbocycles. The number of carbonyl (C=O) groups is 1. The third kappa shape index (κ3) is 3.70. The molecule has 4 rings (SSSR count). The summed E-state index contributed by atoms with van der Waals surface area (Å²) in [7, 11) is 0. The van der Waals surface area contributed by atoms with Crippen molar-refractivity contribution < 1.29 is 14.1 Å². The van der Waals surface area contributed by atoms with Crippen LogP contribution < -0.4 is 0 Å². The number of ether oxygens (including phenoxy) is 1. The van der Waals surface area contributed by atoms with Gasteiger partial charge < -0.3 is 9.26 Å². The lowest BCUT2D eigenvalue weighted by Crippen LogP contribution is -2.05. The first-order valence-electron chi connectivity index (χ1n) is 7.57.